The van der Waals surface area contributed by atoms with E-state index in [1.54, 1.807) is 0 Å². The lowest BCUT2D eigenvalue weighted by Crippen LogP contribution is -2.19. The average Bonchev–Trinajstić information content (AvgIpc) is 2.88. The van der Waals surface area contributed by atoms with Crippen LogP contribution in [0.5, 0.6) is 0 Å². The van der Waals surface area contributed by atoms with Crippen LogP contribution in [0.25, 0.3) is 0 Å². The number of hydrogen-bond donors (Lipinski definition) is 2. The molecule has 1 heterocycles. The van der Waals surface area contributed by atoms with E-state index < -0.39 is 11.6 Å². The highest BCUT2D eigenvalue weighted by Gasteiger charge is 2.25. The molecule has 0 bridgehead atoms. The summed E-state index contributed by atoms with van der Waals surface area (Å²) in [4.78, 5) is 4.06. The molecular weight excluding hydrogens is 292 g/mol. The molecule has 3 nitrogen and oxygen atoms in total. The minimum atomic E-state index is -0.641. The van der Waals surface area contributed by atoms with Crippen LogP contribution < -0.4 is 10.6 Å². The van der Waals surface area contributed by atoms with Gasteiger partial charge in [-0.05, 0) is 31.4 Å². The van der Waals surface area contributed by atoms with Gasteiger partial charge in [-0.1, -0.05) is 13.8 Å². The van der Waals surface area contributed by atoms with E-state index in [0.717, 1.165) is 37.5 Å². The van der Waals surface area contributed by atoms with Crippen LogP contribution in [0.4, 0.5) is 20.4 Å². The Bertz CT molecular complexity index is 470. The third kappa shape index (κ3) is 4.46. The Labute approximate surface area is 129 Å². The maximum atomic E-state index is 13.9. The highest BCUT2D eigenvalue weighted by molar-refractivity contribution is 7.99. The van der Waals surface area contributed by atoms with Crippen LogP contribution in [0.15, 0.2) is 6.07 Å². The van der Waals surface area contributed by atoms with Crippen molar-refractivity contribution < 1.29 is 8.78 Å². The van der Waals surface area contributed by atoms with Gasteiger partial charge in [0, 0.05) is 23.9 Å². The van der Waals surface area contributed by atoms with Crippen molar-refractivity contribution in [3.8, 4) is 0 Å². The Kier molecular flexibility index (Phi) is 6.08. The minimum Gasteiger partial charge on any atom is -0.368 e. The van der Waals surface area contributed by atoms with Crippen LogP contribution in [0.3, 0.4) is 0 Å². The van der Waals surface area contributed by atoms with Gasteiger partial charge in [-0.25, -0.2) is 13.8 Å². The van der Waals surface area contributed by atoms with Gasteiger partial charge in [0.2, 0.25) is 0 Å². The van der Waals surface area contributed by atoms with Gasteiger partial charge >= 0.3 is 0 Å². The summed E-state index contributed by atoms with van der Waals surface area (Å²) >= 11 is 1.95. The Morgan fingerprint density at radius 2 is 2.00 bits per heavy atom. The highest BCUT2D eigenvalue weighted by atomic mass is 32.2. The third-order valence-corrected chi connectivity index (χ3v) is 4.83. The Morgan fingerprint density at radius 1 is 1.24 bits per heavy atom. The number of anilines is 2. The lowest BCUT2D eigenvalue weighted by Gasteiger charge is -2.16. The van der Waals surface area contributed by atoms with Crippen molar-refractivity contribution in [3.63, 3.8) is 0 Å². The fourth-order valence-corrected chi connectivity index (χ4v) is 3.73. The molecule has 21 heavy (non-hydrogen) atoms. The number of hydrogen-bond acceptors (Lipinski definition) is 4. The smallest absolute Gasteiger partial charge is 0.168 e. The molecule has 1 aliphatic rings. The van der Waals surface area contributed by atoms with Gasteiger partial charge in [0.25, 0.3) is 0 Å². The normalized spacial score (nSPS) is 21.5. The summed E-state index contributed by atoms with van der Waals surface area (Å²) in [6.07, 6.45) is 4.02. The molecule has 1 aromatic rings. The van der Waals surface area contributed by atoms with Crippen LogP contribution in [0.1, 0.15) is 39.5 Å². The second-order valence-electron chi connectivity index (χ2n) is 5.31. The van der Waals surface area contributed by atoms with Gasteiger partial charge in [-0.2, -0.15) is 11.8 Å². The molecule has 0 saturated heterocycles. The van der Waals surface area contributed by atoms with Gasteiger partial charge in [-0.15, -0.1) is 0 Å². The Hall–Kier alpha value is -1.04. The van der Waals surface area contributed by atoms with Crippen molar-refractivity contribution >= 4 is 23.4 Å². The van der Waals surface area contributed by atoms with E-state index in [1.165, 1.54) is 0 Å². The topological polar surface area (TPSA) is 37.0 Å². The fraction of sp³-hybridized carbons (Fsp3) is 0.667. The van der Waals surface area contributed by atoms with E-state index in [9.17, 15) is 8.78 Å². The molecule has 1 saturated carbocycles. The molecule has 0 amide bonds. The number of halogens is 2. The second kappa shape index (κ2) is 7.82. The first-order valence-electron chi connectivity index (χ1n) is 7.62. The fourth-order valence-electron chi connectivity index (χ4n) is 2.59. The van der Waals surface area contributed by atoms with Crippen molar-refractivity contribution in [1.82, 2.24) is 4.98 Å². The van der Waals surface area contributed by atoms with Crippen molar-refractivity contribution in [3.05, 3.63) is 17.7 Å². The zero-order valence-corrected chi connectivity index (χ0v) is 13.4. The quantitative estimate of drug-likeness (QED) is 0.788. The number of rotatable bonds is 7. The maximum Gasteiger partial charge on any atom is 0.168 e. The number of nitrogens with one attached hydrogen (secondary N) is 2. The van der Waals surface area contributed by atoms with E-state index in [-0.39, 0.29) is 17.7 Å². The maximum absolute atomic E-state index is 13.9. The standard InChI is InChI=1S/C15H23F2N3S/c1-3-7-18-14-12(16)9-13(17)15(20-14)19-10-5-6-11(8-10)21-4-2/h9-11H,3-8H2,1-2H3,(H2,18,19,20). The first-order valence-corrected chi connectivity index (χ1v) is 8.67. The van der Waals surface area contributed by atoms with Crippen molar-refractivity contribution in [1.29, 1.82) is 0 Å². The average molecular weight is 315 g/mol. The van der Waals surface area contributed by atoms with Crippen LogP contribution in [-0.2, 0) is 0 Å². The number of thioether (sulfide) groups is 1. The van der Waals surface area contributed by atoms with Crippen LogP contribution >= 0.6 is 11.8 Å². The van der Waals surface area contributed by atoms with Gasteiger partial charge in [0.05, 0.1) is 0 Å². The zero-order valence-electron chi connectivity index (χ0n) is 12.6. The van der Waals surface area contributed by atoms with Gasteiger partial charge < -0.3 is 10.6 Å². The highest BCUT2D eigenvalue weighted by Crippen LogP contribution is 2.32. The third-order valence-electron chi connectivity index (χ3n) is 3.60. The summed E-state index contributed by atoms with van der Waals surface area (Å²) in [6.45, 7) is 4.75. The molecule has 118 valence electrons. The van der Waals surface area contributed by atoms with Gasteiger partial charge in [0.15, 0.2) is 23.3 Å². The second-order valence-corrected chi connectivity index (χ2v) is 6.89. The summed E-state index contributed by atoms with van der Waals surface area (Å²) in [7, 11) is 0. The van der Waals surface area contributed by atoms with E-state index in [4.69, 9.17) is 0 Å². The molecule has 2 atom stereocenters. The lowest BCUT2D eigenvalue weighted by atomic mass is 10.2. The predicted molar refractivity (Wildman–Crippen MR) is 86.1 cm³/mol. The molecule has 0 aliphatic heterocycles. The molecular formula is C15H23F2N3S. The SMILES string of the molecule is CCCNc1nc(NC2CCC(SCC)C2)c(F)cc1F. The molecule has 2 rings (SSSR count). The van der Waals surface area contributed by atoms with E-state index >= 15 is 0 Å². The molecule has 2 unspecified atom stereocenters. The van der Waals surface area contributed by atoms with Crippen LogP contribution in [0.2, 0.25) is 0 Å². The molecule has 0 radical (unpaired) electrons. The number of nitrogens with zero attached hydrogens (tertiary/aromatic N) is 1. The number of aromatic nitrogens is 1. The van der Waals surface area contributed by atoms with Crippen LogP contribution in [0, 0.1) is 11.6 Å². The molecule has 6 heteroatoms. The Morgan fingerprint density at radius 3 is 2.71 bits per heavy atom. The minimum absolute atomic E-state index is 0.123. The summed E-state index contributed by atoms with van der Waals surface area (Å²) in [6, 6.07) is 1.13. The zero-order chi connectivity index (χ0) is 15.2. The van der Waals surface area contributed by atoms with Crippen LogP contribution in [-0.4, -0.2) is 28.6 Å². The molecule has 1 aliphatic carbocycles. The molecule has 1 aromatic heterocycles. The van der Waals surface area contributed by atoms with Crippen molar-refractivity contribution in [2.45, 2.75) is 50.8 Å². The van der Waals surface area contributed by atoms with E-state index in [0.29, 0.717) is 11.8 Å². The molecule has 0 spiro atoms. The summed E-state index contributed by atoms with van der Waals surface area (Å²) in [5.74, 6) is 0.116. The van der Waals surface area contributed by atoms with E-state index in [2.05, 4.69) is 22.5 Å². The molecule has 2 N–H and O–H groups in total. The van der Waals surface area contributed by atoms with Gasteiger partial charge in [0.1, 0.15) is 0 Å². The summed E-state index contributed by atoms with van der Waals surface area (Å²) in [5.41, 5.74) is 0. The van der Waals surface area contributed by atoms with Gasteiger partial charge in [-0.3, -0.25) is 0 Å². The summed E-state index contributed by atoms with van der Waals surface area (Å²) < 4.78 is 27.5. The van der Waals surface area contributed by atoms with Crippen molar-refractivity contribution in [2.24, 2.45) is 0 Å². The Balaban J connectivity index is 2.02. The molecule has 0 aromatic carbocycles. The first kappa shape index (κ1) is 16.3. The van der Waals surface area contributed by atoms with E-state index in [1.807, 2.05) is 18.7 Å². The molecule has 1 fully saturated rings. The monoisotopic (exact) mass is 315 g/mol. The first-order chi connectivity index (χ1) is 10.1. The lowest BCUT2D eigenvalue weighted by molar-refractivity contribution is 0.574. The number of pyridine rings is 1. The predicted octanol–water partition coefficient (Wildman–Crippen LogP) is 4.27. The summed E-state index contributed by atoms with van der Waals surface area (Å²) in [5, 5.41) is 6.66. The largest absolute Gasteiger partial charge is 0.368 e. The van der Waals surface area contributed by atoms with Crippen molar-refractivity contribution in [2.75, 3.05) is 22.9 Å².